The number of nitrogens with zero attached hydrogens (tertiary/aromatic N) is 2. The van der Waals surface area contributed by atoms with E-state index in [2.05, 4.69) is 4.98 Å². The second-order valence-corrected chi connectivity index (χ2v) is 3.98. The van der Waals surface area contributed by atoms with E-state index in [0.717, 1.165) is 4.57 Å². The molecule has 0 amide bonds. The van der Waals surface area contributed by atoms with Gasteiger partial charge < -0.3 is 14.4 Å². The van der Waals surface area contributed by atoms with Crippen LogP contribution in [0.2, 0.25) is 0 Å². The molecule has 6 nitrogen and oxygen atoms in total. The van der Waals surface area contributed by atoms with E-state index in [-0.39, 0.29) is 12.8 Å². The first-order valence-corrected chi connectivity index (χ1v) is 5.32. The van der Waals surface area contributed by atoms with Crippen LogP contribution in [0.25, 0.3) is 0 Å². The summed E-state index contributed by atoms with van der Waals surface area (Å²) in [4.78, 5) is 24.8. The predicted molar refractivity (Wildman–Crippen MR) is 53.9 cm³/mol. The third kappa shape index (κ3) is 2.46. The van der Waals surface area contributed by atoms with Crippen LogP contribution in [0.3, 0.4) is 0 Å². The number of rotatable bonds is 4. The van der Waals surface area contributed by atoms with Gasteiger partial charge in [-0.15, -0.1) is 0 Å². The van der Waals surface area contributed by atoms with Crippen molar-refractivity contribution in [2.75, 3.05) is 6.61 Å². The van der Waals surface area contributed by atoms with Crippen LogP contribution in [-0.2, 0) is 17.5 Å². The highest BCUT2D eigenvalue weighted by Gasteiger charge is 2.41. The van der Waals surface area contributed by atoms with Crippen LogP contribution >= 0.6 is 0 Å². The maximum atomic E-state index is 12.7. The van der Waals surface area contributed by atoms with Gasteiger partial charge in [-0.2, -0.15) is 13.2 Å². The van der Waals surface area contributed by atoms with Gasteiger partial charge in [-0.1, -0.05) is 0 Å². The van der Waals surface area contributed by atoms with Crippen molar-refractivity contribution in [2.45, 2.75) is 25.2 Å². The average Bonchev–Trinajstić information content (AvgIpc) is 2.61. The number of hydrogen-bond acceptors (Lipinski definition) is 4. The van der Waals surface area contributed by atoms with E-state index in [0.29, 0.717) is 13.0 Å². The van der Waals surface area contributed by atoms with Crippen molar-refractivity contribution in [3.63, 3.8) is 0 Å². The van der Waals surface area contributed by atoms with Gasteiger partial charge >= 0.3 is 12.1 Å². The molecule has 19 heavy (non-hydrogen) atoms. The Kier molecular flexibility index (Phi) is 3.31. The highest BCUT2D eigenvalue weighted by Crippen LogP contribution is 2.32. The van der Waals surface area contributed by atoms with Crippen LogP contribution < -0.4 is 0 Å². The summed E-state index contributed by atoms with van der Waals surface area (Å²) in [6.45, 7) is 0.323. The number of carboxylic acids is 1. The molecule has 1 aliphatic rings. The summed E-state index contributed by atoms with van der Waals surface area (Å²) in [5.41, 5.74) is -2.61. The Morgan fingerprint density at radius 1 is 1.58 bits per heavy atom. The standard InChI is InChI=1S/C10H9F3N2O4/c11-10(12,13)8-7(9(17)18)15(6(4-16)14-8)3-5-1-2-19-5/h4-5H,1-3H2,(H,17,18)/t5-/m0/s1. The van der Waals surface area contributed by atoms with E-state index in [1.807, 2.05) is 0 Å². The molecule has 2 rings (SSSR count). The highest BCUT2D eigenvalue weighted by molar-refractivity contribution is 5.89. The van der Waals surface area contributed by atoms with Gasteiger partial charge in [0.1, 0.15) is 0 Å². The number of alkyl halides is 3. The van der Waals surface area contributed by atoms with Gasteiger partial charge in [0.25, 0.3) is 0 Å². The van der Waals surface area contributed by atoms with Crippen molar-refractivity contribution in [1.82, 2.24) is 9.55 Å². The molecule has 0 unspecified atom stereocenters. The Morgan fingerprint density at radius 3 is 2.58 bits per heavy atom. The quantitative estimate of drug-likeness (QED) is 0.837. The first kappa shape index (κ1) is 13.5. The summed E-state index contributed by atoms with van der Waals surface area (Å²) in [5.74, 6) is -2.35. The number of halogens is 3. The minimum Gasteiger partial charge on any atom is -0.477 e. The number of aromatic carboxylic acids is 1. The van der Waals surface area contributed by atoms with Gasteiger partial charge in [0.15, 0.2) is 23.5 Å². The van der Waals surface area contributed by atoms with Crippen molar-refractivity contribution < 1.29 is 32.6 Å². The third-order valence-electron chi connectivity index (χ3n) is 2.75. The van der Waals surface area contributed by atoms with E-state index in [9.17, 15) is 22.8 Å². The molecule has 0 bridgehead atoms. The molecule has 0 aliphatic carbocycles. The zero-order valence-corrected chi connectivity index (χ0v) is 9.48. The van der Waals surface area contributed by atoms with Crippen molar-refractivity contribution in [3.8, 4) is 0 Å². The Bertz CT molecular complexity index is 520. The van der Waals surface area contributed by atoms with Crippen LogP contribution in [0.15, 0.2) is 0 Å². The second kappa shape index (κ2) is 4.65. The normalized spacial score (nSPS) is 19.0. The second-order valence-electron chi connectivity index (χ2n) is 3.98. The van der Waals surface area contributed by atoms with Gasteiger partial charge in [-0.3, -0.25) is 4.79 Å². The number of imidazole rings is 1. The minimum atomic E-state index is -4.93. The molecule has 0 aromatic carbocycles. The van der Waals surface area contributed by atoms with Crippen LogP contribution in [0.5, 0.6) is 0 Å². The number of carbonyl (C=O) groups excluding carboxylic acids is 1. The molecular weight excluding hydrogens is 269 g/mol. The molecule has 1 aliphatic heterocycles. The topological polar surface area (TPSA) is 81.4 Å². The van der Waals surface area contributed by atoms with Gasteiger partial charge in [-0.25, -0.2) is 9.78 Å². The highest BCUT2D eigenvalue weighted by atomic mass is 19.4. The molecule has 0 saturated carbocycles. The molecule has 0 radical (unpaired) electrons. The molecule has 1 aromatic rings. The average molecular weight is 278 g/mol. The zero-order chi connectivity index (χ0) is 14.2. The number of aldehydes is 1. The van der Waals surface area contributed by atoms with Crippen molar-refractivity contribution in [3.05, 3.63) is 17.2 Å². The van der Waals surface area contributed by atoms with Crippen molar-refractivity contribution in [1.29, 1.82) is 0 Å². The molecule has 1 saturated heterocycles. The van der Waals surface area contributed by atoms with Gasteiger partial charge in [-0.05, 0) is 6.42 Å². The predicted octanol–water partition coefficient (Wildman–Crippen LogP) is 1.20. The molecule has 2 heterocycles. The Morgan fingerprint density at radius 2 is 2.21 bits per heavy atom. The lowest BCUT2D eigenvalue weighted by Gasteiger charge is -2.27. The lowest BCUT2D eigenvalue weighted by atomic mass is 10.2. The lowest BCUT2D eigenvalue weighted by Crippen LogP contribution is -2.33. The number of carboxylic acid groups (broad SMARTS) is 1. The number of carbonyl (C=O) groups is 2. The largest absolute Gasteiger partial charge is 0.477 e. The third-order valence-corrected chi connectivity index (χ3v) is 2.75. The first-order chi connectivity index (χ1) is 8.84. The number of aromatic nitrogens is 2. The van der Waals surface area contributed by atoms with E-state index in [1.165, 1.54) is 0 Å². The summed E-state index contributed by atoms with van der Waals surface area (Å²) in [6.07, 6.45) is -4.64. The fraction of sp³-hybridized carbons (Fsp3) is 0.500. The molecule has 1 aromatic heterocycles. The molecule has 1 N–H and O–H groups in total. The molecule has 1 fully saturated rings. The van der Waals surface area contributed by atoms with E-state index >= 15 is 0 Å². The zero-order valence-electron chi connectivity index (χ0n) is 9.48. The Hall–Kier alpha value is -1.90. The molecular formula is C10H9F3N2O4. The van der Waals surface area contributed by atoms with E-state index < -0.39 is 35.5 Å². The summed E-state index contributed by atoms with van der Waals surface area (Å²) >= 11 is 0. The Balaban J connectivity index is 2.51. The minimum absolute atomic E-state index is 0.0976. The number of ether oxygens (including phenoxy) is 1. The molecule has 1 atom stereocenters. The fourth-order valence-electron chi connectivity index (χ4n) is 1.79. The maximum absolute atomic E-state index is 12.7. The first-order valence-electron chi connectivity index (χ1n) is 5.32. The fourth-order valence-corrected chi connectivity index (χ4v) is 1.79. The maximum Gasteiger partial charge on any atom is 0.435 e. The molecule has 0 spiro atoms. The van der Waals surface area contributed by atoms with Gasteiger partial charge in [0, 0.05) is 6.61 Å². The summed E-state index contributed by atoms with van der Waals surface area (Å²) in [5, 5.41) is 8.90. The van der Waals surface area contributed by atoms with Gasteiger partial charge in [0.2, 0.25) is 0 Å². The molecule has 9 heteroatoms. The Labute approximate surface area is 104 Å². The van der Waals surface area contributed by atoms with Gasteiger partial charge in [0.05, 0.1) is 12.6 Å². The monoisotopic (exact) mass is 278 g/mol. The number of hydrogen-bond donors (Lipinski definition) is 1. The van der Waals surface area contributed by atoms with Crippen LogP contribution in [-0.4, -0.2) is 39.6 Å². The summed E-state index contributed by atoms with van der Waals surface area (Å²) in [6, 6.07) is 0. The lowest BCUT2D eigenvalue weighted by molar-refractivity contribution is -0.141. The van der Waals surface area contributed by atoms with E-state index in [1.54, 1.807) is 0 Å². The smallest absolute Gasteiger partial charge is 0.435 e. The summed E-state index contributed by atoms with van der Waals surface area (Å²) in [7, 11) is 0. The van der Waals surface area contributed by atoms with Crippen LogP contribution in [0.1, 0.15) is 33.2 Å². The van der Waals surface area contributed by atoms with Crippen molar-refractivity contribution >= 4 is 12.3 Å². The van der Waals surface area contributed by atoms with Crippen LogP contribution in [0.4, 0.5) is 13.2 Å². The van der Waals surface area contributed by atoms with Crippen LogP contribution in [0, 0.1) is 0 Å². The van der Waals surface area contributed by atoms with E-state index in [4.69, 9.17) is 9.84 Å². The summed E-state index contributed by atoms with van der Waals surface area (Å²) < 4.78 is 43.8. The SMILES string of the molecule is O=Cc1nc(C(F)(F)F)c(C(=O)O)n1C[C@@H]1CCO1. The van der Waals surface area contributed by atoms with Crippen molar-refractivity contribution in [2.24, 2.45) is 0 Å². The molecule has 104 valence electrons.